The second-order valence-electron chi connectivity index (χ2n) is 6.01. The van der Waals surface area contributed by atoms with Gasteiger partial charge in [0.2, 0.25) is 0 Å². The van der Waals surface area contributed by atoms with Crippen LogP contribution in [0.2, 0.25) is 0 Å². The third kappa shape index (κ3) is 4.48. The average Bonchev–Trinajstić information content (AvgIpc) is 2.50. The molecule has 118 valence electrons. The van der Waals surface area contributed by atoms with Gasteiger partial charge in [-0.2, -0.15) is 0 Å². The number of aliphatic imine (C=N–C) groups is 1. The Labute approximate surface area is 141 Å². The summed E-state index contributed by atoms with van der Waals surface area (Å²) >= 11 is 0. The molecule has 0 unspecified atom stereocenters. The predicted molar refractivity (Wildman–Crippen MR) is 97.1 cm³/mol. The van der Waals surface area contributed by atoms with E-state index in [9.17, 15) is 0 Å². The normalized spacial score (nSPS) is 23.8. The van der Waals surface area contributed by atoms with Crippen LogP contribution in [0.4, 0.5) is 0 Å². The first-order valence-electron chi connectivity index (χ1n) is 7.94. The summed E-state index contributed by atoms with van der Waals surface area (Å²) < 4.78 is 0. The molecule has 1 aliphatic heterocycles. The fourth-order valence-corrected chi connectivity index (χ4v) is 3.71. The lowest BCUT2D eigenvalue weighted by Crippen LogP contribution is -2.59. The second kappa shape index (κ2) is 9.07. The van der Waals surface area contributed by atoms with Gasteiger partial charge in [0.25, 0.3) is 0 Å². The minimum absolute atomic E-state index is 0. The summed E-state index contributed by atoms with van der Waals surface area (Å²) in [5, 5.41) is 6.66. The quantitative estimate of drug-likeness (QED) is 0.439. The topological polar surface area (TPSA) is 39.7 Å². The lowest BCUT2D eigenvalue weighted by molar-refractivity contribution is 0.0368. The second-order valence-corrected chi connectivity index (χ2v) is 6.01. The van der Waals surface area contributed by atoms with E-state index in [0.717, 1.165) is 12.5 Å². The fourth-order valence-electron chi connectivity index (χ4n) is 3.71. The molecule has 1 heterocycles. The average molecular weight is 394 g/mol. The van der Waals surface area contributed by atoms with E-state index in [1.54, 1.807) is 0 Å². The third-order valence-electron chi connectivity index (χ3n) is 4.86. The first-order valence-corrected chi connectivity index (χ1v) is 7.94. The van der Waals surface area contributed by atoms with Crippen molar-refractivity contribution in [2.75, 3.05) is 33.7 Å². The van der Waals surface area contributed by atoms with Gasteiger partial charge in [-0.05, 0) is 38.8 Å². The van der Waals surface area contributed by atoms with Crippen molar-refractivity contribution in [1.82, 2.24) is 15.5 Å². The van der Waals surface area contributed by atoms with Gasteiger partial charge >= 0.3 is 0 Å². The van der Waals surface area contributed by atoms with Crippen molar-refractivity contribution >= 4 is 29.9 Å². The van der Waals surface area contributed by atoms with E-state index in [0.29, 0.717) is 5.54 Å². The maximum Gasteiger partial charge on any atom is 0.190 e. The van der Waals surface area contributed by atoms with Gasteiger partial charge < -0.3 is 10.6 Å². The molecule has 2 rings (SSSR count). The number of nitrogens with one attached hydrogen (secondary N) is 2. The Kier molecular flexibility index (Phi) is 8.17. The van der Waals surface area contributed by atoms with Crippen LogP contribution in [0.1, 0.15) is 51.4 Å². The molecule has 1 saturated heterocycles. The summed E-state index contributed by atoms with van der Waals surface area (Å²) in [6, 6.07) is 0. The summed E-state index contributed by atoms with van der Waals surface area (Å²) in [7, 11) is 3.77. The van der Waals surface area contributed by atoms with Crippen molar-refractivity contribution in [2.45, 2.75) is 56.9 Å². The molecule has 0 aromatic rings. The molecule has 1 saturated carbocycles. The zero-order valence-corrected chi connectivity index (χ0v) is 15.4. The molecule has 20 heavy (non-hydrogen) atoms. The Morgan fingerprint density at radius 2 is 1.65 bits per heavy atom. The highest BCUT2D eigenvalue weighted by molar-refractivity contribution is 14.0. The van der Waals surface area contributed by atoms with Crippen LogP contribution >= 0.6 is 24.0 Å². The van der Waals surface area contributed by atoms with Crippen LogP contribution < -0.4 is 10.6 Å². The molecular weight excluding hydrogens is 363 g/mol. The Bertz CT molecular complexity index is 294. The Morgan fingerprint density at radius 3 is 2.20 bits per heavy atom. The largest absolute Gasteiger partial charge is 0.359 e. The lowest BCUT2D eigenvalue weighted by Gasteiger charge is -2.48. The van der Waals surface area contributed by atoms with Crippen LogP contribution in [0.5, 0.6) is 0 Å². The van der Waals surface area contributed by atoms with E-state index >= 15 is 0 Å². The minimum Gasteiger partial charge on any atom is -0.359 e. The molecular formula is C15H31IN4. The van der Waals surface area contributed by atoms with Crippen molar-refractivity contribution in [3.8, 4) is 0 Å². The van der Waals surface area contributed by atoms with Crippen LogP contribution in [-0.4, -0.2) is 50.1 Å². The van der Waals surface area contributed by atoms with Crippen LogP contribution in [0.25, 0.3) is 0 Å². The third-order valence-corrected chi connectivity index (χ3v) is 4.86. The monoisotopic (exact) mass is 394 g/mol. The number of likely N-dealkylation sites (tertiary alicyclic amines) is 1. The molecule has 2 fully saturated rings. The molecule has 1 aliphatic carbocycles. The standard InChI is InChI=1S/C15H30N4.HI/c1-16-14(17-2)18-13-15(9-5-3-6-10-15)19-11-7-4-8-12-19;/h3-13H2,1-2H3,(H2,16,17,18);1H. The number of piperidine rings is 1. The molecule has 0 amide bonds. The number of nitrogens with zero attached hydrogens (tertiary/aromatic N) is 2. The van der Waals surface area contributed by atoms with Gasteiger partial charge in [0.15, 0.2) is 5.96 Å². The van der Waals surface area contributed by atoms with Crippen molar-refractivity contribution in [3.05, 3.63) is 0 Å². The summed E-state index contributed by atoms with van der Waals surface area (Å²) in [6.45, 7) is 3.63. The van der Waals surface area contributed by atoms with Crippen molar-refractivity contribution in [2.24, 2.45) is 4.99 Å². The Hall–Kier alpha value is -0.0400. The molecule has 0 aromatic heterocycles. The van der Waals surface area contributed by atoms with Gasteiger partial charge in [-0.1, -0.05) is 25.7 Å². The van der Waals surface area contributed by atoms with Crippen molar-refractivity contribution in [1.29, 1.82) is 0 Å². The van der Waals surface area contributed by atoms with Crippen LogP contribution in [0, 0.1) is 0 Å². The number of guanidine groups is 1. The SMILES string of the molecule is CN=C(NC)NCC1(N2CCCCC2)CCCCC1.I. The molecule has 0 aromatic carbocycles. The predicted octanol–water partition coefficient (Wildman–Crippen LogP) is 2.59. The zero-order chi connectivity index (χ0) is 13.6. The Balaban J connectivity index is 0.00000200. The smallest absolute Gasteiger partial charge is 0.190 e. The molecule has 2 N–H and O–H groups in total. The fraction of sp³-hybridized carbons (Fsp3) is 0.933. The van der Waals surface area contributed by atoms with Crippen molar-refractivity contribution in [3.63, 3.8) is 0 Å². The number of hydrogen-bond donors (Lipinski definition) is 2. The highest BCUT2D eigenvalue weighted by Gasteiger charge is 2.38. The van der Waals surface area contributed by atoms with E-state index in [1.807, 2.05) is 14.1 Å². The Morgan fingerprint density at radius 1 is 1.05 bits per heavy atom. The number of halogens is 1. The minimum atomic E-state index is 0. The first kappa shape index (κ1) is 18.0. The van der Waals surface area contributed by atoms with Gasteiger partial charge in [0, 0.05) is 26.2 Å². The molecule has 0 bridgehead atoms. The lowest BCUT2D eigenvalue weighted by atomic mass is 9.79. The van der Waals surface area contributed by atoms with Gasteiger partial charge in [-0.15, -0.1) is 24.0 Å². The summed E-state index contributed by atoms with van der Waals surface area (Å²) in [5.74, 6) is 0.918. The van der Waals surface area contributed by atoms with E-state index in [-0.39, 0.29) is 24.0 Å². The van der Waals surface area contributed by atoms with E-state index < -0.39 is 0 Å². The molecule has 2 aliphatic rings. The van der Waals surface area contributed by atoms with Crippen molar-refractivity contribution < 1.29 is 0 Å². The maximum atomic E-state index is 4.24. The summed E-state index contributed by atoms with van der Waals surface area (Å²) in [5.41, 5.74) is 0.380. The summed E-state index contributed by atoms with van der Waals surface area (Å²) in [4.78, 5) is 7.01. The van der Waals surface area contributed by atoms with Crippen LogP contribution in [-0.2, 0) is 0 Å². The number of hydrogen-bond acceptors (Lipinski definition) is 2. The van der Waals surface area contributed by atoms with Gasteiger partial charge in [-0.25, -0.2) is 0 Å². The molecule has 0 spiro atoms. The molecule has 5 heteroatoms. The summed E-state index contributed by atoms with van der Waals surface area (Å²) in [6.07, 6.45) is 11.0. The first-order chi connectivity index (χ1) is 9.30. The number of rotatable bonds is 3. The highest BCUT2D eigenvalue weighted by atomic mass is 127. The van der Waals surface area contributed by atoms with E-state index in [1.165, 1.54) is 64.5 Å². The van der Waals surface area contributed by atoms with Gasteiger partial charge in [0.1, 0.15) is 0 Å². The maximum absolute atomic E-state index is 4.24. The highest BCUT2D eigenvalue weighted by Crippen LogP contribution is 2.35. The molecule has 0 radical (unpaired) electrons. The van der Waals surface area contributed by atoms with Gasteiger partial charge in [0.05, 0.1) is 0 Å². The molecule has 0 atom stereocenters. The molecule has 4 nitrogen and oxygen atoms in total. The van der Waals surface area contributed by atoms with E-state index in [4.69, 9.17) is 0 Å². The van der Waals surface area contributed by atoms with E-state index in [2.05, 4.69) is 20.5 Å². The zero-order valence-electron chi connectivity index (χ0n) is 13.1. The van der Waals surface area contributed by atoms with Crippen LogP contribution in [0.3, 0.4) is 0 Å². The van der Waals surface area contributed by atoms with Gasteiger partial charge in [-0.3, -0.25) is 9.89 Å². The van der Waals surface area contributed by atoms with Crippen LogP contribution in [0.15, 0.2) is 4.99 Å².